The summed E-state index contributed by atoms with van der Waals surface area (Å²) in [4.78, 5) is 22.2. The number of nitrogens with zero attached hydrogens (tertiary/aromatic N) is 6. The Kier molecular flexibility index (Phi) is 4.98. The Morgan fingerprint density at radius 1 is 1.09 bits per heavy atom. The van der Waals surface area contributed by atoms with Gasteiger partial charge in [-0.1, -0.05) is 6.07 Å². The lowest BCUT2D eigenvalue weighted by atomic mass is 10.0. The van der Waals surface area contributed by atoms with Gasteiger partial charge in [-0.15, -0.1) is 0 Å². The Morgan fingerprint density at radius 3 is 2.64 bits per heavy atom. The van der Waals surface area contributed by atoms with E-state index >= 15 is 0 Å². The molecule has 0 fully saturated rings. The van der Waals surface area contributed by atoms with Crippen LogP contribution >= 0.6 is 0 Å². The van der Waals surface area contributed by atoms with Crippen molar-refractivity contribution in [1.29, 1.82) is 0 Å². The van der Waals surface area contributed by atoms with E-state index in [9.17, 15) is 4.79 Å². The van der Waals surface area contributed by atoms with Crippen molar-refractivity contribution in [2.45, 2.75) is 20.5 Å². The quantitative estimate of drug-likeness (QED) is 0.447. The zero-order valence-corrected chi connectivity index (χ0v) is 19.0. The average molecular weight is 444 g/mol. The molecule has 0 spiro atoms. The molecule has 0 atom stereocenters. The SMILES string of the molecule is CCOCc1cc(-c2ccc3ncc4c(c3c2)n(-c2cn(C)nc2C)c(=O)n4C)cnc1N. The van der Waals surface area contributed by atoms with E-state index in [1.54, 1.807) is 33.3 Å². The fourth-order valence-corrected chi connectivity index (χ4v) is 4.21. The van der Waals surface area contributed by atoms with Crippen LogP contribution in [-0.4, -0.2) is 35.5 Å². The van der Waals surface area contributed by atoms with Crippen LogP contribution in [-0.2, 0) is 25.4 Å². The molecular formula is C24H25N7O2. The second kappa shape index (κ2) is 7.86. The van der Waals surface area contributed by atoms with Gasteiger partial charge in [0.2, 0.25) is 0 Å². The molecule has 0 aliphatic rings. The predicted molar refractivity (Wildman–Crippen MR) is 128 cm³/mol. The number of imidazole rings is 1. The first-order valence-corrected chi connectivity index (χ1v) is 10.7. The van der Waals surface area contributed by atoms with Gasteiger partial charge >= 0.3 is 5.69 Å². The summed E-state index contributed by atoms with van der Waals surface area (Å²) in [5, 5.41) is 5.30. The first-order chi connectivity index (χ1) is 15.9. The van der Waals surface area contributed by atoms with Gasteiger partial charge in [0.1, 0.15) is 5.82 Å². The number of rotatable bonds is 5. The van der Waals surface area contributed by atoms with Crippen LogP contribution in [0, 0.1) is 6.92 Å². The van der Waals surface area contributed by atoms with Crippen LogP contribution in [0.5, 0.6) is 0 Å². The van der Waals surface area contributed by atoms with E-state index < -0.39 is 0 Å². The highest BCUT2D eigenvalue weighted by Gasteiger charge is 2.19. The van der Waals surface area contributed by atoms with Gasteiger partial charge in [0.05, 0.1) is 40.7 Å². The molecule has 9 heteroatoms. The van der Waals surface area contributed by atoms with E-state index in [-0.39, 0.29) is 5.69 Å². The highest BCUT2D eigenvalue weighted by Crippen LogP contribution is 2.31. The molecule has 0 bridgehead atoms. The van der Waals surface area contributed by atoms with Gasteiger partial charge < -0.3 is 10.5 Å². The minimum atomic E-state index is -0.144. The molecule has 5 rings (SSSR count). The molecule has 0 aliphatic heterocycles. The summed E-state index contributed by atoms with van der Waals surface area (Å²) in [6.07, 6.45) is 5.35. The summed E-state index contributed by atoms with van der Waals surface area (Å²) >= 11 is 0. The third-order valence-electron chi connectivity index (χ3n) is 5.91. The first kappa shape index (κ1) is 20.9. The summed E-state index contributed by atoms with van der Waals surface area (Å²) in [5.74, 6) is 0.459. The fraction of sp³-hybridized carbons (Fsp3) is 0.250. The van der Waals surface area contributed by atoms with Crippen molar-refractivity contribution in [2.75, 3.05) is 12.3 Å². The number of hydrogen-bond donors (Lipinski definition) is 1. The number of benzene rings is 1. The number of aromatic nitrogens is 6. The van der Waals surface area contributed by atoms with Crippen LogP contribution in [0.2, 0.25) is 0 Å². The third kappa shape index (κ3) is 3.37. The van der Waals surface area contributed by atoms with Crippen molar-refractivity contribution in [3.05, 3.63) is 64.6 Å². The summed E-state index contributed by atoms with van der Waals surface area (Å²) in [7, 11) is 3.60. The topological polar surface area (TPSA) is 106 Å². The summed E-state index contributed by atoms with van der Waals surface area (Å²) in [5.41, 5.74) is 12.5. The number of hydrogen-bond acceptors (Lipinski definition) is 6. The molecule has 0 unspecified atom stereocenters. The molecule has 9 nitrogen and oxygen atoms in total. The van der Waals surface area contributed by atoms with Crippen LogP contribution in [0.25, 0.3) is 38.8 Å². The minimum Gasteiger partial charge on any atom is -0.383 e. The Hall–Kier alpha value is -3.98. The standard InChI is InChI=1S/C24H25N7O2/c1-5-33-13-17-8-16(10-27-23(17)25)15-6-7-19-18(9-15)22-20(11-26-19)30(4)24(32)31(22)21-12-29(3)28-14(21)2/h6-12H,5,13H2,1-4H3,(H2,25,27). The number of pyridine rings is 2. The van der Waals surface area contributed by atoms with Crippen molar-refractivity contribution in [3.63, 3.8) is 0 Å². The monoisotopic (exact) mass is 443 g/mol. The number of ether oxygens (including phenoxy) is 1. The van der Waals surface area contributed by atoms with Crippen LogP contribution in [0.15, 0.2) is 47.7 Å². The Morgan fingerprint density at radius 2 is 1.91 bits per heavy atom. The predicted octanol–water partition coefficient (Wildman–Crippen LogP) is 3.10. The van der Waals surface area contributed by atoms with Crippen LogP contribution in [0.1, 0.15) is 18.2 Å². The van der Waals surface area contributed by atoms with Gasteiger partial charge in [0.25, 0.3) is 0 Å². The molecule has 0 amide bonds. The summed E-state index contributed by atoms with van der Waals surface area (Å²) in [6.45, 7) is 4.84. The Labute approximate surface area is 190 Å². The Bertz CT molecular complexity index is 1580. The lowest BCUT2D eigenvalue weighted by Gasteiger charge is -2.10. The number of nitrogens with two attached hydrogens (primary N) is 1. The minimum absolute atomic E-state index is 0.144. The van der Waals surface area contributed by atoms with Gasteiger partial charge in [-0.3, -0.25) is 18.8 Å². The van der Waals surface area contributed by atoms with Crippen molar-refractivity contribution < 1.29 is 4.74 Å². The van der Waals surface area contributed by atoms with E-state index in [2.05, 4.69) is 15.1 Å². The molecule has 0 saturated carbocycles. The second-order valence-electron chi connectivity index (χ2n) is 8.08. The van der Waals surface area contributed by atoms with Crippen molar-refractivity contribution in [2.24, 2.45) is 14.1 Å². The molecular weight excluding hydrogens is 418 g/mol. The van der Waals surface area contributed by atoms with E-state index in [0.717, 1.165) is 50.0 Å². The maximum atomic E-state index is 13.3. The molecule has 4 aromatic heterocycles. The summed E-state index contributed by atoms with van der Waals surface area (Å²) < 4.78 is 10.6. The number of nitrogen functional groups attached to an aromatic ring is 1. The summed E-state index contributed by atoms with van der Waals surface area (Å²) in [6, 6.07) is 8.00. The molecule has 1 aromatic carbocycles. The van der Waals surface area contributed by atoms with Crippen LogP contribution in [0.4, 0.5) is 5.82 Å². The van der Waals surface area contributed by atoms with E-state index in [4.69, 9.17) is 10.5 Å². The molecule has 5 aromatic rings. The first-order valence-electron chi connectivity index (χ1n) is 10.7. The lowest BCUT2D eigenvalue weighted by Crippen LogP contribution is -2.21. The van der Waals surface area contributed by atoms with Crippen molar-refractivity contribution in [3.8, 4) is 16.8 Å². The van der Waals surface area contributed by atoms with E-state index in [1.807, 2.05) is 51.4 Å². The van der Waals surface area contributed by atoms with Crippen LogP contribution in [0.3, 0.4) is 0 Å². The number of anilines is 1. The molecule has 0 aliphatic carbocycles. The lowest BCUT2D eigenvalue weighted by molar-refractivity contribution is 0.134. The maximum absolute atomic E-state index is 13.3. The van der Waals surface area contributed by atoms with Crippen molar-refractivity contribution in [1.82, 2.24) is 28.9 Å². The average Bonchev–Trinajstić information content (AvgIpc) is 3.27. The van der Waals surface area contributed by atoms with Gasteiger partial charge in [0, 0.05) is 49.6 Å². The number of fused-ring (bicyclic) bond motifs is 3. The zero-order valence-electron chi connectivity index (χ0n) is 19.0. The van der Waals surface area contributed by atoms with Gasteiger partial charge in [-0.2, -0.15) is 5.10 Å². The maximum Gasteiger partial charge on any atom is 0.333 e. The molecule has 168 valence electrons. The van der Waals surface area contributed by atoms with Gasteiger partial charge in [-0.05, 0) is 37.6 Å². The van der Waals surface area contributed by atoms with Gasteiger partial charge in [0.15, 0.2) is 0 Å². The fourth-order valence-electron chi connectivity index (χ4n) is 4.21. The normalized spacial score (nSPS) is 11.6. The molecule has 0 radical (unpaired) electrons. The van der Waals surface area contributed by atoms with Gasteiger partial charge in [-0.25, -0.2) is 9.78 Å². The third-order valence-corrected chi connectivity index (χ3v) is 5.91. The largest absolute Gasteiger partial charge is 0.383 e. The zero-order chi connectivity index (χ0) is 23.3. The molecule has 33 heavy (non-hydrogen) atoms. The van der Waals surface area contributed by atoms with E-state index in [0.29, 0.717) is 19.0 Å². The second-order valence-corrected chi connectivity index (χ2v) is 8.08. The Balaban J connectivity index is 1.78. The highest BCUT2D eigenvalue weighted by molar-refractivity contribution is 6.04. The highest BCUT2D eigenvalue weighted by atomic mass is 16.5. The molecule has 4 heterocycles. The van der Waals surface area contributed by atoms with Crippen LogP contribution < -0.4 is 11.4 Å². The molecule has 2 N–H and O–H groups in total. The van der Waals surface area contributed by atoms with Crippen molar-refractivity contribution >= 4 is 27.8 Å². The molecule has 0 saturated heterocycles. The smallest absolute Gasteiger partial charge is 0.333 e. The van der Waals surface area contributed by atoms with E-state index in [1.165, 1.54) is 0 Å². The number of aryl methyl sites for hydroxylation is 3.